The van der Waals surface area contributed by atoms with Crippen LogP contribution in [0.1, 0.15) is 26.3 Å². The number of hydrogen-bond donors (Lipinski definition) is 1. The molecule has 1 aromatic carbocycles. The largest absolute Gasteiger partial charge is 0.508 e. The molecule has 0 spiro atoms. The Morgan fingerprint density at radius 1 is 0.913 bits per heavy atom. The zero-order chi connectivity index (χ0) is 16.9. The maximum absolute atomic E-state index is 8.85. The second-order valence-electron chi connectivity index (χ2n) is 5.25. The molecule has 0 bridgehead atoms. The maximum Gasteiger partial charge on any atom is 0.115 e. The summed E-state index contributed by atoms with van der Waals surface area (Å²) in [6.07, 6.45) is 1.81. The molecule has 1 aromatic rings. The monoisotopic (exact) mass is 326 g/mol. The van der Waals surface area contributed by atoms with Gasteiger partial charge >= 0.3 is 0 Å². The summed E-state index contributed by atoms with van der Waals surface area (Å²) in [4.78, 5) is 0. The average molecular weight is 326 g/mol. The van der Waals surface area contributed by atoms with E-state index in [1.54, 1.807) is 12.1 Å². The Balaban J connectivity index is 0.000000182. The molecule has 5 nitrogen and oxygen atoms in total. The van der Waals surface area contributed by atoms with Crippen molar-refractivity contribution in [2.45, 2.75) is 39.4 Å². The molecule has 2 unspecified atom stereocenters. The first-order valence-corrected chi connectivity index (χ1v) is 8.36. The van der Waals surface area contributed by atoms with Crippen molar-refractivity contribution in [1.82, 2.24) is 0 Å². The molecule has 2 atom stereocenters. The van der Waals surface area contributed by atoms with Crippen molar-refractivity contribution in [3.05, 3.63) is 29.8 Å². The molecule has 2 heterocycles. The number of aromatic hydroxyl groups is 1. The Morgan fingerprint density at radius 2 is 1.39 bits per heavy atom. The molecule has 0 radical (unpaired) electrons. The Hall–Kier alpha value is -1.14. The molecule has 5 heteroatoms. The number of benzene rings is 1. The first-order chi connectivity index (χ1) is 11.2. The van der Waals surface area contributed by atoms with Gasteiger partial charge in [-0.25, -0.2) is 0 Å². The number of rotatable bonds is 7. The van der Waals surface area contributed by atoms with Crippen molar-refractivity contribution in [2.75, 3.05) is 39.6 Å². The van der Waals surface area contributed by atoms with E-state index in [4.69, 9.17) is 24.1 Å². The van der Waals surface area contributed by atoms with Crippen molar-refractivity contribution < 1.29 is 24.1 Å². The normalized spacial score (nSPS) is 20.7. The van der Waals surface area contributed by atoms with Gasteiger partial charge in [-0.15, -0.1) is 0 Å². The number of hydrogen-bond acceptors (Lipinski definition) is 5. The Morgan fingerprint density at radius 3 is 1.70 bits per heavy atom. The zero-order valence-corrected chi connectivity index (χ0v) is 14.5. The molecule has 2 saturated heterocycles. The van der Waals surface area contributed by atoms with Crippen LogP contribution in [0, 0.1) is 0 Å². The highest BCUT2D eigenvalue weighted by atomic mass is 16.6. The molecule has 2 aliphatic heterocycles. The first-order valence-electron chi connectivity index (χ1n) is 8.36. The molecule has 0 aliphatic carbocycles. The van der Waals surface area contributed by atoms with Gasteiger partial charge in [0.05, 0.1) is 26.4 Å². The van der Waals surface area contributed by atoms with Crippen LogP contribution in [0.5, 0.6) is 5.75 Å². The van der Waals surface area contributed by atoms with Crippen LogP contribution in [0.25, 0.3) is 0 Å². The lowest BCUT2D eigenvalue weighted by Crippen LogP contribution is -2.06. The molecular weight excluding hydrogens is 296 g/mol. The fourth-order valence-corrected chi connectivity index (χ4v) is 1.60. The summed E-state index contributed by atoms with van der Waals surface area (Å²) in [6, 6.07) is 7.27. The predicted molar refractivity (Wildman–Crippen MR) is 90.0 cm³/mol. The lowest BCUT2D eigenvalue weighted by molar-refractivity contribution is 0.102. The van der Waals surface area contributed by atoms with E-state index in [0.717, 1.165) is 46.1 Å². The van der Waals surface area contributed by atoms with E-state index >= 15 is 0 Å². The van der Waals surface area contributed by atoms with Crippen LogP contribution in [0.15, 0.2) is 24.3 Å². The van der Waals surface area contributed by atoms with Crippen LogP contribution in [-0.2, 0) is 25.4 Å². The van der Waals surface area contributed by atoms with Gasteiger partial charge in [0.1, 0.15) is 18.0 Å². The Kier molecular flexibility index (Phi) is 10.6. The number of phenols is 1. The van der Waals surface area contributed by atoms with E-state index in [-0.39, 0.29) is 0 Å². The average Bonchev–Trinajstić information content (AvgIpc) is 3.46. The quantitative estimate of drug-likeness (QED) is 0.781. The molecule has 132 valence electrons. The molecule has 23 heavy (non-hydrogen) atoms. The zero-order valence-electron chi connectivity index (χ0n) is 14.5. The van der Waals surface area contributed by atoms with E-state index in [1.165, 1.54) is 5.56 Å². The Labute approximate surface area is 139 Å². The van der Waals surface area contributed by atoms with E-state index in [0.29, 0.717) is 18.0 Å². The van der Waals surface area contributed by atoms with Gasteiger partial charge in [0.25, 0.3) is 0 Å². The smallest absolute Gasteiger partial charge is 0.115 e. The molecular formula is C18H30O5. The molecule has 1 N–H and O–H groups in total. The SMILES string of the molecule is C(OCC1CO1)C1CO1.CCOCC.CCc1ccc(O)cc1. The van der Waals surface area contributed by atoms with Gasteiger partial charge in [0, 0.05) is 13.2 Å². The van der Waals surface area contributed by atoms with Gasteiger partial charge in [-0.2, -0.15) is 0 Å². The van der Waals surface area contributed by atoms with Crippen LogP contribution in [0.2, 0.25) is 0 Å². The summed E-state index contributed by atoms with van der Waals surface area (Å²) in [5.41, 5.74) is 1.26. The predicted octanol–water partition coefficient (Wildman–Crippen LogP) is 2.80. The lowest BCUT2D eigenvalue weighted by atomic mass is 10.2. The summed E-state index contributed by atoms with van der Waals surface area (Å²) >= 11 is 0. The second kappa shape index (κ2) is 12.3. The van der Waals surface area contributed by atoms with Crippen molar-refractivity contribution in [2.24, 2.45) is 0 Å². The summed E-state index contributed by atoms with van der Waals surface area (Å²) < 4.78 is 20.0. The van der Waals surface area contributed by atoms with Crippen LogP contribution < -0.4 is 0 Å². The lowest BCUT2D eigenvalue weighted by Gasteiger charge is -1.95. The van der Waals surface area contributed by atoms with E-state index in [1.807, 2.05) is 26.0 Å². The molecule has 0 aromatic heterocycles. The topological polar surface area (TPSA) is 63.8 Å². The van der Waals surface area contributed by atoms with Crippen LogP contribution >= 0.6 is 0 Å². The first kappa shape index (κ1) is 19.9. The number of aryl methyl sites for hydroxylation is 1. The number of ether oxygens (including phenoxy) is 4. The Bertz CT molecular complexity index is 371. The van der Waals surface area contributed by atoms with Gasteiger partial charge in [0.2, 0.25) is 0 Å². The third-order valence-corrected chi connectivity index (χ3v) is 3.17. The van der Waals surface area contributed by atoms with Gasteiger partial charge in [-0.1, -0.05) is 19.1 Å². The van der Waals surface area contributed by atoms with E-state index in [9.17, 15) is 0 Å². The molecule has 2 aliphatic rings. The summed E-state index contributed by atoms with van der Waals surface area (Å²) in [6.45, 7) is 11.0. The minimum atomic E-state index is 0.340. The summed E-state index contributed by atoms with van der Waals surface area (Å²) in [5, 5.41) is 8.85. The second-order valence-corrected chi connectivity index (χ2v) is 5.25. The molecule has 0 amide bonds. The highest BCUT2D eigenvalue weighted by Gasteiger charge is 2.26. The fraction of sp³-hybridized carbons (Fsp3) is 0.667. The van der Waals surface area contributed by atoms with Gasteiger partial charge < -0.3 is 24.1 Å². The number of phenolic OH excluding ortho intramolecular Hbond substituents is 1. The van der Waals surface area contributed by atoms with E-state index in [2.05, 4.69) is 6.92 Å². The van der Waals surface area contributed by atoms with E-state index < -0.39 is 0 Å². The standard InChI is InChI=1S/C8H10O.C6H10O3.C4H10O/c1-2-7-3-5-8(9)6-4-7;1(5-3-8-5)7-2-6-4-9-6;1-3-5-4-2/h3-6,9H,2H2,1H3;5-6H,1-4H2;3-4H2,1-2H3. The van der Waals surface area contributed by atoms with Crippen LogP contribution in [-0.4, -0.2) is 57.0 Å². The van der Waals surface area contributed by atoms with Crippen LogP contribution in [0.3, 0.4) is 0 Å². The van der Waals surface area contributed by atoms with Gasteiger partial charge in [0.15, 0.2) is 0 Å². The van der Waals surface area contributed by atoms with Gasteiger partial charge in [-0.3, -0.25) is 0 Å². The van der Waals surface area contributed by atoms with Crippen molar-refractivity contribution >= 4 is 0 Å². The van der Waals surface area contributed by atoms with Gasteiger partial charge in [-0.05, 0) is 38.0 Å². The third-order valence-electron chi connectivity index (χ3n) is 3.17. The summed E-state index contributed by atoms with van der Waals surface area (Å²) in [7, 11) is 0. The summed E-state index contributed by atoms with van der Waals surface area (Å²) in [5.74, 6) is 0.340. The van der Waals surface area contributed by atoms with Crippen molar-refractivity contribution in [3.8, 4) is 5.75 Å². The van der Waals surface area contributed by atoms with Crippen molar-refractivity contribution in [3.63, 3.8) is 0 Å². The highest BCUT2D eigenvalue weighted by molar-refractivity contribution is 5.25. The molecule has 3 rings (SSSR count). The minimum Gasteiger partial charge on any atom is -0.508 e. The third kappa shape index (κ3) is 12.0. The number of epoxide rings is 2. The minimum absolute atomic E-state index is 0.340. The van der Waals surface area contributed by atoms with Crippen LogP contribution in [0.4, 0.5) is 0 Å². The molecule has 2 fully saturated rings. The molecule has 0 saturated carbocycles. The maximum atomic E-state index is 8.85. The highest BCUT2D eigenvalue weighted by Crippen LogP contribution is 2.12. The fourth-order valence-electron chi connectivity index (χ4n) is 1.60. The van der Waals surface area contributed by atoms with Crippen molar-refractivity contribution in [1.29, 1.82) is 0 Å².